The standard InChI is InChI=1S/C13H18ClNO.C4H4O4/c1-9-6-12(16)8-13(15(9)2)10-4-3-5-11(14)7-10;5-3(6)1-2-4(7)8/h3-5,7,9,12-13,16H,6,8H2,1-2H3;1-2H,(H,5,6)(H,7,8)/t9-,12+,13-;/m1./s1. The van der Waals surface area contributed by atoms with Crippen LogP contribution in [0.5, 0.6) is 0 Å². The summed E-state index contributed by atoms with van der Waals surface area (Å²) in [6.45, 7) is 2.15. The maximum atomic E-state index is 9.84. The lowest BCUT2D eigenvalue weighted by molar-refractivity contribution is -0.134. The molecule has 0 saturated carbocycles. The molecule has 24 heavy (non-hydrogen) atoms. The highest BCUT2D eigenvalue weighted by molar-refractivity contribution is 6.30. The van der Waals surface area contributed by atoms with Crippen LogP contribution >= 0.6 is 11.6 Å². The first-order chi connectivity index (χ1) is 11.2. The smallest absolute Gasteiger partial charge is 0.328 e. The Morgan fingerprint density at radius 2 is 1.79 bits per heavy atom. The summed E-state index contributed by atoms with van der Waals surface area (Å²) in [6, 6.07) is 8.61. The van der Waals surface area contributed by atoms with E-state index in [0.29, 0.717) is 18.2 Å². The lowest BCUT2D eigenvalue weighted by Gasteiger charge is -2.40. The number of aliphatic carboxylic acids is 2. The number of hydrogen-bond acceptors (Lipinski definition) is 4. The lowest BCUT2D eigenvalue weighted by Crippen LogP contribution is -2.42. The SMILES string of the molecule is C[C@@H]1C[C@H](O)C[C@H](c2cccc(Cl)c2)N1C.O=C(O)C=CC(=O)O. The first kappa shape index (κ1) is 20.2. The molecule has 0 aliphatic carbocycles. The average Bonchev–Trinajstić information content (AvgIpc) is 2.49. The number of carboxylic acid groups (broad SMARTS) is 2. The second-order valence-corrected chi connectivity index (χ2v) is 6.16. The average molecular weight is 356 g/mol. The van der Waals surface area contributed by atoms with Crippen molar-refractivity contribution in [2.45, 2.75) is 38.0 Å². The van der Waals surface area contributed by atoms with Crippen molar-refractivity contribution in [3.8, 4) is 0 Å². The number of piperidine rings is 1. The highest BCUT2D eigenvalue weighted by Gasteiger charge is 2.30. The molecule has 1 fully saturated rings. The van der Waals surface area contributed by atoms with Crippen LogP contribution in [0.15, 0.2) is 36.4 Å². The number of likely N-dealkylation sites (tertiary alicyclic amines) is 1. The van der Waals surface area contributed by atoms with Crippen molar-refractivity contribution in [1.82, 2.24) is 4.90 Å². The first-order valence-corrected chi connectivity index (χ1v) is 7.88. The molecular formula is C17H22ClNO5. The van der Waals surface area contributed by atoms with E-state index in [9.17, 15) is 14.7 Å². The van der Waals surface area contributed by atoms with Gasteiger partial charge in [-0.15, -0.1) is 0 Å². The van der Waals surface area contributed by atoms with Gasteiger partial charge in [0.05, 0.1) is 6.10 Å². The molecule has 1 aromatic carbocycles. The zero-order valence-electron chi connectivity index (χ0n) is 13.6. The normalized spacial score (nSPS) is 24.2. The molecule has 2 rings (SSSR count). The Kier molecular flexibility index (Phi) is 7.91. The molecule has 1 saturated heterocycles. The Bertz CT molecular complexity index is 588. The molecule has 1 heterocycles. The minimum Gasteiger partial charge on any atom is -0.478 e. The van der Waals surface area contributed by atoms with Crippen molar-refractivity contribution in [1.29, 1.82) is 0 Å². The number of halogens is 1. The van der Waals surface area contributed by atoms with E-state index >= 15 is 0 Å². The molecule has 3 atom stereocenters. The second-order valence-electron chi connectivity index (χ2n) is 5.72. The number of rotatable bonds is 3. The maximum absolute atomic E-state index is 9.84. The molecule has 1 aliphatic rings. The van der Waals surface area contributed by atoms with Crippen molar-refractivity contribution < 1.29 is 24.9 Å². The quantitative estimate of drug-likeness (QED) is 0.721. The van der Waals surface area contributed by atoms with Gasteiger partial charge in [0.1, 0.15) is 0 Å². The molecule has 0 radical (unpaired) electrons. The third kappa shape index (κ3) is 6.70. The molecule has 0 amide bonds. The van der Waals surface area contributed by atoms with Crippen LogP contribution in [0.2, 0.25) is 5.02 Å². The molecule has 0 unspecified atom stereocenters. The maximum Gasteiger partial charge on any atom is 0.328 e. The van der Waals surface area contributed by atoms with Gasteiger partial charge in [0, 0.05) is 29.3 Å². The number of nitrogens with zero attached hydrogens (tertiary/aromatic N) is 1. The Morgan fingerprint density at radius 3 is 2.29 bits per heavy atom. The summed E-state index contributed by atoms with van der Waals surface area (Å²) >= 11 is 6.00. The Balaban J connectivity index is 0.000000307. The molecule has 1 aliphatic heterocycles. The van der Waals surface area contributed by atoms with Gasteiger partial charge in [0.2, 0.25) is 0 Å². The van der Waals surface area contributed by atoms with E-state index in [2.05, 4.69) is 24.9 Å². The van der Waals surface area contributed by atoms with Gasteiger partial charge in [-0.25, -0.2) is 9.59 Å². The minimum atomic E-state index is -1.26. The second kappa shape index (κ2) is 9.42. The van der Waals surface area contributed by atoms with Gasteiger partial charge in [0.25, 0.3) is 0 Å². The fraction of sp³-hybridized carbons (Fsp3) is 0.412. The fourth-order valence-electron chi connectivity index (χ4n) is 2.62. The van der Waals surface area contributed by atoms with E-state index in [1.807, 2.05) is 18.2 Å². The third-order valence-corrected chi connectivity index (χ3v) is 4.13. The molecule has 1 aromatic rings. The lowest BCUT2D eigenvalue weighted by atomic mass is 9.90. The van der Waals surface area contributed by atoms with E-state index in [0.717, 1.165) is 17.9 Å². The number of benzene rings is 1. The molecule has 0 bridgehead atoms. The van der Waals surface area contributed by atoms with Crippen molar-refractivity contribution in [2.75, 3.05) is 7.05 Å². The Morgan fingerprint density at radius 1 is 1.21 bits per heavy atom. The third-order valence-electron chi connectivity index (χ3n) is 3.90. The highest BCUT2D eigenvalue weighted by atomic mass is 35.5. The van der Waals surface area contributed by atoms with Crippen molar-refractivity contribution >= 4 is 23.5 Å². The summed E-state index contributed by atoms with van der Waals surface area (Å²) in [5.74, 6) is -2.51. The fourth-order valence-corrected chi connectivity index (χ4v) is 2.81. The van der Waals surface area contributed by atoms with Crippen LogP contribution in [0.3, 0.4) is 0 Å². The van der Waals surface area contributed by atoms with Gasteiger partial charge in [0.15, 0.2) is 0 Å². The number of carbonyl (C=O) groups is 2. The van der Waals surface area contributed by atoms with Gasteiger partial charge < -0.3 is 15.3 Å². The summed E-state index contributed by atoms with van der Waals surface area (Å²) in [5, 5.41) is 26.2. The van der Waals surface area contributed by atoms with Crippen LogP contribution < -0.4 is 0 Å². The van der Waals surface area contributed by atoms with Crippen LogP contribution in [0.25, 0.3) is 0 Å². The van der Waals surface area contributed by atoms with Gasteiger partial charge >= 0.3 is 11.9 Å². The number of carboxylic acids is 2. The predicted molar refractivity (Wildman–Crippen MR) is 91.1 cm³/mol. The molecule has 0 spiro atoms. The number of hydrogen-bond donors (Lipinski definition) is 3. The summed E-state index contributed by atoms with van der Waals surface area (Å²) in [6.07, 6.45) is 2.56. The predicted octanol–water partition coefficient (Wildman–Crippen LogP) is 2.57. The largest absolute Gasteiger partial charge is 0.478 e. The topological polar surface area (TPSA) is 98.1 Å². The van der Waals surface area contributed by atoms with Gasteiger partial charge in [-0.05, 0) is 44.5 Å². The summed E-state index contributed by atoms with van der Waals surface area (Å²) in [4.78, 5) is 21.4. The van der Waals surface area contributed by atoms with Crippen LogP contribution in [-0.2, 0) is 9.59 Å². The zero-order valence-corrected chi connectivity index (χ0v) is 14.3. The molecule has 0 aromatic heterocycles. The van der Waals surface area contributed by atoms with E-state index in [-0.39, 0.29) is 12.1 Å². The Hall–Kier alpha value is -1.89. The zero-order chi connectivity index (χ0) is 18.3. The van der Waals surface area contributed by atoms with Crippen LogP contribution in [0.1, 0.15) is 31.4 Å². The van der Waals surface area contributed by atoms with E-state index < -0.39 is 11.9 Å². The van der Waals surface area contributed by atoms with E-state index in [1.165, 1.54) is 5.56 Å². The molecular weight excluding hydrogens is 334 g/mol. The van der Waals surface area contributed by atoms with Crippen LogP contribution in [0.4, 0.5) is 0 Å². The first-order valence-electron chi connectivity index (χ1n) is 7.50. The molecule has 7 heteroatoms. The summed E-state index contributed by atoms with van der Waals surface area (Å²) < 4.78 is 0. The van der Waals surface area contributed by atoms with Gasteiger partial charge in [-0.1, -0.05) is 23.7 Å². The van der Waals surface area contributed by atoms with Crippen LogP contribution in [0, 0.1) is 0 Å². The summed E-state index contributed by atoms with van der Waals surface area (Å²) in [7, 11) is 2.11. The molecule has 132 valence electrons. The van der Waals surface area contributed by atoms with Crippen molar-refractivity contribution in [2.24, 2.45) is 0 Å². The summed E-state index contributed by atoms with van der Waals surface area (Å²) in [5.41, 5.74) is 1.20. The van der Waals surface area contributed by atoms with E-state index in [4.69, 9.17) is 21.8 Å². The number of aliphatic hydroxyl groups is 1. The monoisotopic (exact) mass is 355 g/mol. The molecule has 3 N–H and O–H groups in total. The van der Waals surface area contributed by atoms with Gasteiger partial charge in [-0.2, -0.15) is 0 Å². The van der Waals surface area contributed by atoms with Gasteiger partial charge in [-0.3, -0.25) is 4.90 Å². The minimum absolute atomic E-state index is 0.199. The molecule has 6 nitrogen and oxygen atoms in total. The van der Waals surface area contributed by atoms with Crippen molar-refractivity contribution in [3.05, 3.63) is 47.0 Å². The van der Waals surface area contributed by atoms with Crippen molar-refractivity contribution in [3.63, 3.8) is 0 Å². The van der Waals surface area contributed by atoms with Crippen LogP contribution in [-0.4, -0.2) is 51.4 Å². The highest BCUT2D eigenvalue weighted by Crippen LogP contribution is 2.33. The Labute approximate surface area is 146 Å². The number of aliphatic hydroxyl groups excluding tert-OH is 1. The van der Waals surface area contributed by atoms with E-state index in [1.54, 1.807) is 0 Å².